The molecular weight excluding hydrogens is 584 g/mol. The van der Waals surface area contributed by atoms with Gasteiger partial charge in [0.15, 0.2) is 5.78 Å². The third-order valence-electron chi connectivity index (χ3n) is 6.05. The van der Waals surface area contributed by atoms with Crippen molar-refractivity contribution in [1.82, 2.24) is 0 Å². The van der Waals surface area contributed by atoms with Gasteiger partial charge >= 0.3 is 23.9 Å². The monoisotopic (exact) mass is 616 g/mol. The van der Waals surface area contributed by atoms with Crippen LogP contribution in [0.15, 0.2) is 92.0 Å². The molecule has 0 saturated carbocycles. The minimum absolute atomic E-state index is 0.0428. The number of aryl methyl sites for hydroxylation is 2. The summed E-state index contributed by atoms with van der Waals surface area (Å²) in [5, 5.41) is 0. The lowest BCUT2D eigenvalue weighted by Gasteiger charge is -2.11. The van der Waals surface area contributed by atoms with Crippen LogP contribution in [0.4, 0.5) is 0 Å². The van der Waals surface area contributed by atoms with Gasteiger partial charge in [0.25, 0.3) is 0 Å². The maximum atomic E-state index is 12.5. The van der Waals surface area contributed by atoms with E-state index in [1.54, 1.807) is 48.5 Å². The third kappa shape index (κ3) is 11.8. The Morgan fingerprint density at radius 2 is 1.07 bits per heavy atom. The van der Waals surface area contributed by atoms with Crippen molar-refractivity contribution in [3.8, 4) is 23.0 Å². The Balaban J connectivity index is 1.46. The number of Topliss-reactive ketones (excluding diaryl/α,β-unsaturated/α-hetero) is 1. The van der Waals surface area contributed by atoms with Gasteiger partial charge in [0.05, 0.1) is 5.56 Å². The van der Waals surface area contributed by atoms with Crippen LogP contribution in [0.2, 0.25) is 0 Å². The molecule has 0 spiro atoms. The van der Waals surface area contributed by atoms with Crippen LogP contribution in [0.3, 0.4) is 0 Å². The molecule has 0 bridgehead atoms. The van der Waals surface area contributed by atoms with E-state index in [1.165, 1.54) is 25.1 Å². The van der Waals surface area contributed by atoms with Gasteiger partial charge in [-0.15, -0.1) is 0 Å². The molecule has 0 aliphatic heterocycles. The zero-order valence-electron chi connectivity index (χ0n) is 24.7. The van der Waals surface area contributed by atoms with Gasteiger partial charge in [-0.05, 0) is 73.4 Å². The quantitative estimate of drug-likeness (QED) is 0.0658. The first-order valence-corrected chi connectivity index (χ1v) is 13.7. The van der Waals surface area contributed by atoms with Gasteiger partial charge in [0, 0.05) is 25.0 Å². The lowest BCUT2D eigenvalue weighted by molar-refractivity contribution is -0.145. The molecule has 0 aliphatic carbocycles. The summed E-state index contributed by atoms with van der Waals surface area (Å²) in [6.07, 6.45) is 2.94. The maximum absolute atomic E-state index is 12.5. The molecule has 3 aromatic carbocycles. The summed E-state index contributed by atoms with van der Waals surface area (Å²) in [4.78, 5) is 59.3. The fourth-order valence-electron chi connectivity index (χ4n) is 3.72. The van der Waals surface area contributed by atoms with Gasteiger partial charge in [-0.3, -0.25) is 14.4 Å². The molecule has 0 saturated heterocycles. The predicted octanol–water partition coefficient (Wildman–Crippen LogP) is 5.10. The highest BCUT2D eigenvalue weighted by Gasteiger charge is 2.16. The van der Waals surface area contributed by atoms with Crippen LogP contribution in [0.1, 0.15) is 41.3 Å². The normalized spacial score (nSPS) is 10.2. The molecule has 0 aliphatic rings. The first kappa shape index (κ1) is 33.8. The molecule has 0 radical (unpaired) electrons. The van der Waals surface area contributed by atoms with Crippen LogP contribution in [0, 0.1) is 0 Å². The Bertz CT molecular complexity index is 1520. The van der Waals surface area contributed by atoms with Crippen molar-refractivity contribution in [2.45, 2.75) is 32.6 Å². The van der Waals surface area contributed by atoms with Crippen molar-refractivity contribution in [1.29, 1.82) is 0 Å². The Kier molecular flexibility index (Phi) is 13.1. The van der Waals surface area contributed by atoms with Crippen LogP contribution in [0.25, 0.3) is 0 Å². The van der Waals surface area contributed by atoms with E-state index < -0.39 is 23.9 Å². The second-order valence-corrected chi connectivity index (χ2v) is 9.31. The maximum Gasteiger partial charge on any atom is 0.333 e. The van der Waals surface area contributed by atoms with Crippen LogP contribution in [-0.4, -0.2) is 43.2 Å². The topological polar surface area (TPSA) is 141 Å². The summed E-state index contributed by atoms with van der Waals surface area (Å²) in [5.74, 6) is -1.44. The van der Waals surface area contributed by atoms with Gasteiger partial charge in [-0.1, -0.05) is 37.4 Å². The number of esters is 4. The molecule has 0 amide bonds. The van der Waals surface area contributed by atoms with E-state index in [0.717, 1.165) is 23.3 Å². The van der Waals surface area contributed by atoms with Gasteiger partial charge in [0.1, 0.15) is 23.0 Å². The lowest BCUT2D eigenvalue weighted by atomic mass is 10.1. The lowest BCUT2D eigenvalue weighted by Crippen LogP contribution is -2.13. The molecular formula is C34H32O11. The van der Waals surface area contributed by atoms with Crippen molar-refractivity contribution in [3.05, 3.63) is 109 Å². The van der Waals surface area contributed by atoms with Crippen molar-refractivity contribution in [2.75, 3.05) is 13.6 Å². The zero-order valence-corrected chi connectivity index (χ0v) is 24.7. The van der Waals surface area contributed by atoms with Gasteiger partial charge < -0.3 is 28.4 Å². The van der Waals surface area contributed by atoms with Crippen LogP contribution >= 0.6 is 0 Å². The van der Waals surface area contributed by atoms with E-state index in [0.29, 0.717) is 24.3 Å². The summed E-state index contributed by atoms with van der Waals surface area (Å²) in [5.41, 5.74) is 1.79. The Labute approximate surface area is 259 Å². The van der Waals surface area contributed by atoms with Crippen molar-refractivity contribution < 1.29 is 52.4 Å². The standard InChI is InChI=1S/C34H32O11/c1-4-31(36)42-21-40-26-12-6-24(7-13-26)10-18-33(38)44-28-16-17-30(29(20-28)23(3)35)45-34(39)19-11-25-8-14-27(15-9-25)41-22-43-32(37)5-2/h4-9,12-17,20H,1-2,10-11,18-19,21-22H2,3H3. The van der Waals surface area contributed by atoms with E-state index in [1.807, 2.05) is 0 Å². The fourth-order valence-corrected chi connectivity index (χ4v) is 3.72. The average Bonchev–Trinajstić information content (AvgIpc) is 3.04. The summed E-state index contributed by atoms with van der Waals surface area (Å²) in [6.45, 7) is 7.41. The molecule has 0 aromatic heterocycles. The molecule has 0 N–H and O–H groups in total. The number of hydrogen-bond donors (Lipinski definition) is 0. The molecule has 0 heterocycles. The Hall–Kier alpha value is -5.71. The molecule has 45 heavy (non-hydrogen) atoms. The largest absolute Gasteiger partial charge is 0.457 e. The van der Waals surface area contributed by atoms with E-state index in [4.69, 9.17) is 28.4 Å². The average molecular weight is 617 g/mol. The second kappa shape index (κ2) is 17.4. The van der Waals surface area contributed by atoms with Crippen molar-refractivity contribution in [3.63, 3.8) is 0 Å². The van der Waals surface area contributed by atoms with E-state index >= 15 is 0 Å². The Morgan fingerprint density at radius 1 is 0.622 bits per heavy atom. The third-order valence-corrected chi connectivity index (χ3v) is 6.05. The van der Waals surface area contributed by atoms with E-state index in [9.17, 15) is 24.0 Å². The molecule has 0 unspecified atom stereocenters. The SMILES string of the molecule is C=CC(=O)OCOc1ccc(CCC(=O)Oc2ccc(OC(=O)CCc3ccc(OCOC(=O)C=C)cc3)c(C(C)=O)c2)cc1. The van der Waals surface area contributed by atoms with Crippen molar-refractivity contribution >= 4 is 29.7 Å². The highest BCUT2D eigenvalue weighted by atomic mass is 16.7. The first-order chi connectivity index (χ1) is 21.7. The van der Waals surface area contributed by atoms with Gasteiger partial charge in [-0.25, -0.2) is 9.59 Å². The van der Waals surface area contributed by atoms with Crippen LogP contribution < -0.4 is 18.9 Å². The second-order valence-electron chi connectivity index (χ2n) is 9.31. The summed E-state index contributed by atoms with van der Waals surface area (Å²) >= 11 is 0. The highest BCUT2D eigenvalue weighted by Crippen LogP contribution is 2.26. The summed E-state index contributed by atoms with van der Waals surface area (Å²) < 4.78 is 30.9. The number of rotatable bonds is 17. The van der Waals surface area contributed by atoms with Gasteiger partial charge in [0.2, 0.25) is 13.6 Å². The number of ketones is 1. The molecule has 234 valence electrons. The van der Waals surface area contributed by atoms with Gasteiger partial charge in [-0.2, -0.15) is 0 Å². The number of benzene rings is 3. The minimum Gasteiger partial charge on any atom is -0.457 e. The Morgan fingerprint density at radius 3 is 1.51 bits per heavy atom. The molecule has 3 aromatic rings. The van der Waals surface area contributed by atoms with E-state index in [-0.39, 0.29) is 49.3 Å². The number of hydrogen-bond acceptors (Lipinski definition) is 11. The molecule has 0 fully saturated rings. The molecule has 3 rings (SSSR count). The van der Waals surface area contributed by atoms with Crippen LogP contribution in [-0.2, 0) is 41.5 Å². The first-order valence-electron chi connectivity index (χ1n) is 13.7. The minimum atomic E-state index is -0.594. The molecule has 11 nitrogen and oxygen atoms in total. The number of carbonyl (C=O) groups is 5. The smallest absolute Gasteiger partial charge is 0.333 e. The van der Waals surface area contributed by atoms with Crippen molar-refractivity contribution in [2.24, 2.45) is 0 Å². The van der Waals surface area contributed by atoms with E-state index in [2.05, 4.69) is 13.2 Å². The molecule has 0 atom stereocenters. The zero-order chi connectivity index (χ0) is 32.6. The molecule has 11 heteroatoms. The highest BCUT2D eigenvalue weighted by molar-refractivity contribution is 5.98. The van der Waals surface area contributed by atoms with Crippen LogP contribution in [0.5, 0.6) is 23.0 Å². The number of carbonyl (C=O) groups excluding carboxylic acids is 5. The fraction of sp³-hybridized carbons (Fsp3) is 0.206. The summed E-state index contributed by atoms with van der Waals surface area (Å²) in [6, 6.07) is 18.0. The predicted molar refractivity (Wildman–Crippen MR) is 161 cm³/mol. The number of ether oxygens (including phenoxy) is 6. The summed E-state index contributed by atoms with van der Waals surface area (Å²) in [7, 11) is 0.